The van der Waals surface area contributed by atoms with Crippen LogP contribution in [0.5, 0.6) is 5.75 Å². The van der Waals surface area contributed by atoms with E-state index in [0.717, 1.165) is 0 Å². The molecule has 4 nitrogen and oxygen atoms in total. The van der Waals surface area contributed by atoms with E-state index in [1.54, 1.807) is 37.4 Å². The number of nitrogens with one attached hydrogen (secondary N) is 1. The number of benzene rings is 2. The van der Waals surface area contributed by atoms with Crippen LogP contribution in [0.2, 0.25) is 0 Å². The summed E-state index contributed by atoms with van der Waals surface area (Å²) in [4.78, 5) is 11.8. The van der Waals surface area contributed by atoms with E-state index in [4.69, 9.17) is 4.74 Å². The number of methoxy groups -OCH3 is 1. The van der Waals surface area contributed by atoms with Gasteiger partial charge in [0.25, 0.3) is 5.91 Å². The molecule has 2 aromatic carbocycles. The molecule has 0 aromatic heterocycles. The third kappa shape index (κ3) is 3.79. The summed E-state index contributed by atoms with van der Waals surface area (Å²) in [5, 5.41) is 12.5. The van der Waals surface area contributed by atoms with E-state index in [1.807, 2.05) is 0 Å². The second-order valence-corrected chi connectivity index (χ2v) is 4.48. The lowest BCUT2D eigenvalue weighted by Gasteiger charge is -2.13. The zero-order chi connectivity index (χ0) is 15.2. The molecular weight excluding hydrogens is 273 g/mol. The first-order valence-electron chi connectivity index (χ1n) is 6.46. The van der Waals surface area contributed by atoms with Crippen molar-refractivity contribution < 1.29 is 19.0 Å². The molecule has 2 rings (SSSR count). The topological polar surface area (TPSA) is 58.6 Å². The minimum atomic E-state index is -0.869. The van der Waals surface area contributed by atoms with Crippen LogP contribution < -0.4 is 10.1 Å². The van der Waals surface area contributed by atoms with Crippen LogP contribution in [-0.2, 0) is 0 Å². The van der Waals surface area contributed by atoms with Crippen LogP contribution in [0.25, 0.3) is 0 Å². The maximum Gasteiger partial charge on any atom is 0.254 e. The molecule has 0 aliphatic rings. The van der Waals surface area contributed by atoms with E-state index in [9.17, 15) is 14.3 Å². The van der Waals surface area contributed by atoms with Gasteiger partial charge in [-0.1, -0.05) is 24.3 Å². The number of hydrogen-bond acceptors (Lipinski definition) is 3. The summed E-state index contributed by atoms with van der Waals surface area (Å²) in [6, 6.07) is 12.6. The van der Waals surface area contributed by atoms with E-state index >= 15 is 0 Å². The molecule has 0 aliphatic carbocycles. The Morgan fingerprint density at radius 3 is 2.52 bits per heavy atom. The summed E-state index contributed by atoms with van der Waals surface area (Å²) in [5.74, 6) is -0.462. The fourth-order valence-electron chi connectivity index (χ4n) is 1.87. The van der Waals surface area contributed by atoms with Crippen LogP contribution in [0, 0.1) is 5.82 Å². The Kier molecular flexibility index (Phi) is 4.90. The molecule has 0 radical (unpaired) electrons. The molecule has 0 bridgehead atoms. The number of halogens is 1. The summed E-state index contributed by atoms with van der Waals surface area (Å²) < 4.78 is 18.5. The van der Waals surface area contributed by atoms with Gasteiger partial charge in [0.2, 0.25) is 0 Å². The second kappa shape index (κ2) is 6.85. The maximum absolute atomic E-state index is 13.4. The van der Waals surface area contributed by atoms with Crippen molar-refractivity contribution in [1.82, 2.24) is 5.32 Å². The molecular formula is C16H16FNO3. The number of carbonyl (C=O) groups excluding carboxylic acids is 1. The molecule has 2 aromatic rings. The summed E-state index contributed by atoms with van der Waals surface area (Å²) in [6.45, 7) is -0.000500. The molecule has 0 heterocycles. The van der Waals surface area contributed by atoms with Crippen LogP contribution >= 0.6 is 0 Å². The van der Waals surface area contributed by atoms with E-state index in [0.29, 0.717) is 11.3 Å². The first kappa shape index (κ1) is 15.0. The largest absolute Gasteiger partial charge is 0.497 e. The van der Waals surface area contributed by atoms with E-state index in [2.05, 4.69) is 5.32 Å². The number of ether oxygens (including phenoxy) is 1. The smallest absolute Gasteiger partial charge is 0.254 e. The molecule has 0 fully saturated rings. The molecule has 0 saturated carbocycles. The molecule has 0 unspecified atom stereocenters. The summed E-state index contributed by atoms with van der Waals surface area (Å²) in [5.41, 5.74) is 0.601. The van der Waals surface area contributed by atoms with Crippen molar-refractivity contribution >= 4 is 5.91 Å². The van der Waals surface area contributed by atoms with Crippen LogP contribution in [-0.4, -0.2) is 24.7 Å². The molecule has 110 valence electrons. The predicted octanol–water partition coefficient (Wildman–Crippen LogP) is 2.30. The highest BCUT2D eigenvalue weighted by molar-refractivity contribution is 5.94. The van der Waals surface area contributed by atoms with Crippen molar-refractivity contribution in [3.63, 3.8) is 0 Å². The van der Waals surface area contributed by atoms with Gasteiger partial charge in [0.15, 0.2) is 0 Å². The van der Waals surface area contributed by atoms with Crippen molar-refractivity contribution in [3.05, 3.63) is 65.5 Å². The van der Waals surface area contributed by atoms with Crippen molar-refractivity contribution in [2.75, 3.05) is 13.7 Å². The van der Waals surface area contributed by atoms with Gasteiger partial charge in [-0.15, -0.1) is 0 Å². The van der Waals surface area contributed by atoms with Gasteiger partial charge in [-0.2, -0.15) is 0 Å². The molecule has 0 aliphatic heterocycles. The summed E-state index contributed by atoms with van der Waals surface area (Å²) in [7, 11) is 1.56. The fourth-order valence-corrected chi connectivity index (χ4v) is 1.87. The normalized spacial score (nSPS) is 11.8. The standard InChI is InChI=1S/C16H16FNO3/c1-21-12-8-6-11(7-9-12)15(19)10-18-16(20)13-4-2-3-5-14(13)17/h2-9,15,19H,10H2,1H3,(H,18,20)/t15-/m1/s1. The predicted molar refractivity (Wildman–Crippen MR) is 76.7 cm³/mol. The lowest BCUT2D eigenvalue weighted by Crippen LogP contribution is -2.29. The Balaban J connectivity index is 1.95. The van der Waals surface area contributed by atoms with Gasteiger partial charge in [0.05, 0.1) is 18.8 Å². The van der Waals surface area contributed by atoms with Crippen molar-refractivity contribution in [1.29, 1.82) is 0 Å². The summed E-state index contributed by atoms with van der Waals surface area (Å²) >= 11 is 0. The Morgan fingerprint density at radius 1 is 1.24 bits per heavy atom. The van der Waals surface area contributed by atoms with Crippen LogP contribution in [0.15, 0.2) is 48.5 Å². The zero-order valence-corrected chi connectivity index (χ0v) is 11.5. The Hall–Kier alpha value is -2.40. The van der Waals surface area contributed by atoms with Gasteiger partial charge in [0, 0.05) is 6.54 Å². The molecule has 0 saturated heterocycles. The Labute approximate surface area is 122 Å². The highest BCUT2D eigenvalue weighted by Crippen LogP contribution is 2.17. The highest BCUT2D eigenvalue weighted by atomic mass is 19.1. The van der Waals surface area contributed by atoms with Crippen molar-refractivity contribution in [2.45, 2.75) is 6.10 Å². The van der Waals surface area contributed by atoms with E-state index < -0.39 is 17.8 Å². The highest BCUT2D eigenvalue weighted by Gasteiger charge is 2.13. The number of aliphatic hydroxyl groups excluding tert-OH is 1. The van der Waals surface area contributed by atoms with Gasteiger partial charge in [-0.05, 0) is 29.8 Å². The van der Waals surface area contributed by atoms with Gasteiger partial charge in [-0.3, -0.25) is 4.79 Å². The minimum absolute atomic E-state index is 0.000500. The third-order valence-corrected chi connectivity index (χ3v) is 3.08. The van der Waals surface area contributed by atoms with Gasteiger partial charge >= 0.3 is 0 Å². The minimum Gasteiger partial charge on any atom is -0.497 e. The SMILES string of the molecule is COc1ccc([C@H](O)CNC(=O)c2ccccc2F)cc1. The lowest BCUT2D eigenvalue weighted by molar-refractivity contribution is 0.0912. The van der Waals surface area contributed by atoms with E-state index in [1.165, 1.54) is 18.2 Å². The molecule has 21 heavy (non-hydrogen) atoms. The third-order valence-electron chi connectivity index (χ3n) is 3.08. The first-order valence-corrected chi connectivity index (χ1v) is 6.46. The molecule has 1 atom stereocenters. The number of aliphatic hydroxyl groups is 1. The van der Waals surface area contributed by atoms with Crippen LogP contribution in [0.1, 0.15) is 22.0 Å². The summed E-state index contributed by atoms with van der Waals surface area (Å²) in [6.07, 6.45) is -0.869. The molecule has 5 heteroatoms. The lowest BCUT2D eigenvalue weighted by atomic mass is 10.1. The van der Waals surface area contributed by atoms with E-state index in [-0.39, 0.29) is 12.1 Å². The molecule has 2 N–H and O–H groups in total. The van der Waals surface area contributed by atoms with Crippen molar-refractivity contribution in [3.8, 4) is 5.75 Å². The quantitative estimate of drug-likeness (QED) is 0.888. The molecule has 0 spiro atoms. The number of amides is 1. The van der Waals surface area contributed by atoms with Crippen LogP contribution in [0.3, 0.4) is 0 Å². The van der Waals surface area contributed by atoms with Crippen molar-refractivity contribution in [2.24, 2.45) is 0 Å². The second-order valence-electron chi connectivity index (χ2n) is 4.48. The number of rotatable bonds is 5. The number of carbonyl (C=O) groups is 1. The average Bonchev–Trinajstić information content (AvgIpc) is 2.52. The fraction of sp³-hybridized carbons (Fsp3) is 0.188. The van der Waals surface area contributed by atoms with Gasteiger partial charge in [0.1, 0.15) is 11.6 Å². The van der Waals surface area contributed by atoms with Gasteiger partial charge < -0.3 is 15.2 Å². The first-order chi connectivity index (χ1) is 10.1. The average molecular weight is 289 g/mol. The monoisotopic (exact) mass is 289 g/mol. The number of hydrogen-bond donors (Lipinski definition) is 2. The zero-order valence-electron chi connectivity index (χ0n) is 11.5. The maximum atomic E-state index is 13.4. The Bertz CT molecular complexity index is 613. The van der Waals surface area contributed by atoms with Gasteiger partial charge in [-0.25, -0.2) is 4.39 Å². The molecule has 1 amide bonds. The van der Waals surface area contributed by atoms with Crippen LogP contribution in [0.4, 0.5) is 4.39 Å². The Morgan fingerprint density at radius 2 is 1.90 bits per heavy atom.